The molecule has 7 heteroatoms. The molecule has 0 aliphatic carbocycles. The van der Waals surface area contributed by atoms with E-state index in [9.17, 15) is 13.2 Å². The molecule has 0 unspecified atom stereocenters. The van der Waals surface area contributed by atoms with Gasteiger partial charge in [-0.25, -0.2) is 4.98 Å². The molecule has 1 aromatic rings. The third-order valence-electron chi connectivity index (χ3n) is 1.77. The highest BCUT2D eigenvalue weighted by Gasteiger charge is 2.25. The number of thiazole rings is 1. The Morgan fingerprint density at radius 1 is 1.44 bits per heavy atom. The van der Waals surface area contributed by atoms with Crippen molar-refractivity contribution in [3.8, 4) is 0 Å². The van der Waals surface area contributed by atoms with E-state index in [4.69, 9.17) is 10.5 Å². The Balaban J connectivity index is 2.11. The molecule has 0 fully saturated rings. The molecule has 0 bridgehead atoms. The number of nitrogens with two attached hydrogens (primary N) is 1. The highest BCUT2D eigenvalue weighted by molar-refractivity contribution is 7.09. The van der Waals surface area contributed by atoms with Gasteiger partial charge in [0.25, 0.3) is 0 Å². The number of ether oxygens (including phenoxy) is 1. The van der Waals surface area contributed by atoms with Crippen LogP contribution in [0, 0.1) is 0 Å². The molecule has 2 N–H and O–H groups in total. The van der Waals surface area contributed by atoms with Gasteiger partial charge in [-0.3, -0.25) is 0 Å². The number of hydrogen-bond acceptors (Lipinski definition) is 4. The lowest BCUT2D eigenvalue weighted by Gasteiger charge is -2.05. The van der Waals surface area contributed by atoms with E-state index < -0.39 is 12.6 Å². The average Bonchev–Trinajstić information content (AvgIpc) is 2.63. The predicted octanol–water partition coefficient (Wildman–Crippen LogP) is 2.46. The maximum atomic E-state index is 11.8. The summed E-state index contributed by atoms with van der Waals surface area (Å²) in [6.07, 6.45) is -4.92. The summed E-state index contributed by atoms with van der Waals surface area (Å²) >= 11 is 1.42. The minimum atomic E-state index is -4.10. The van der Waals surface area contributed by atoms with Gasteiger partial charge in [-0.05, 0) is 6.42 Å². The van der Waals surface area contributed by atoms with Crippen LogP contribution in [0.4, 0.5) is 13.2 Å². The highest BCUT2D eigenvalue weighted by atomic mass is 32.1. The molecule has 1 rings (SSSR count). The van der Waals surface area contributed by atoms with Crippen molar-refractivity contribution in [1.29, 1.82) is 0 Å². The summed E-state index contributed by atoms with van der Waals surface area (Å²) in [5.74, 6) is 0. The van der Waals surface area contributed by atoms with Crippen LogP contribution >= 0.6 is 11.3 Å². The monoisotopic (exact) mass is 254 g/mol. The summed E-state index contributed by atoms with van der Waals surface area (Å²) in [5.41, 5.74) is 6.09. The molecule has 1 heterocycles. The van der Waals surface area contributed by atoms with Crippen molar-refractivity contribution in [1.82, 2.24) is 4.98 Å². The van der Waals surface area contributed by atoms with Gasteiger partial charge in [0, 0.05) is 25.0 Å². The third kappa shape index (κ3) is 5.43. The maximum absolute atomic E-state index is 11.8. The van der Waals surface area contributed by atoms with E-state index >= 15 is 0 Å². The van der Waals surface area contributed by atoms with Crippen LogP contribution in [0.1, 0.15) is 23.5 Å². The van der Waals surface area contributed by atoms with Gasteiger partial charge in [0.15, 0.2) is 0 Å². The molecule has 0 spiro atoms. The summed E-state index contributed by atoms with van der Waals surface area (Å²) in [5, 5.41) is 2.60. The highest BCUT2D eigenvalue weighted by Crippen LogP contribution is 2.21. The fourth-order valence-electron chi connectivity index (χ4n) is 1.06. The summed E-state index contributed by atoms with van der Waals surface area (Å²) in [6, 6.07) is 0. The Hall–Kier alpha value is -0.660. The minimum absolute atomic E-state index is 0.0165. The Bertz CT molecular complexity index is 314. The van der Waals surface area contributed by atoms with E-state index in [0.717, 1.165) is 10.7 Å². The Morgan fingerprint density at radius 3 is 2.75 bits per heavy atom. The molecule has 16 heavy (non-hydrogen) atoms. The van der Waals surface area contributed by atoms with Gasteiger partial charge >= 0.3 is 6.18 Å². The van der Waals surface area contributed by atoms with Crippen molar-refractivity contribution in [2.75, 3.05) is 6.61 Å². The SMILES string of the molecule is NCc1nc(COCCCC(F)(F)F)cs1. The van der Waals surface area contributed by atoms with E-state index in [1.807, 2.05) is 0 Å². The van der Waals surface area contributed by atoms with Crippen molar-refractivity contribution < 1.29 is 17.9 Å². The lowest BCUT2D eigenvalue weighted by molar-refractivity contribution is -0.138. The summed E-state index contributed by atoms with van der Waals surface area (Å²) in [6.45, 7) is 0.710. The van der Waals surface area contributed by atoms with E-state index in [2.05, 4.69) is 4.98 Å². The number of hydrogen-bond donors (Lipinski definition) is 1. The summed E-state index contributed by atoms with van der Waals surface area (Å²) < 4.78 is 40.4. The molecule has 92 valence electrons. The van der Waals surface area contributed by atoms with Crippen LogP contribution in [-0.4, -0.2) is 17.8 Å². The number of alkyl halides is 3. The fraction of sp³-hybridized carbons (Fsp3) is 0.667. The number of rotatable bonds is 6. The number of halogens is 3. The molecular weight excluding hydrogens is 241 g/mol. The second-order valence-electron chi connectivity index (χ2n) is 3.21. The van der Waals surface area contributed by atoms with Gasteiger partial charge in [0.1, 0.15) is 5.01 Å². The first-order chi connectivity index (χ1) is 7.51. The zero-order chi connectivity index (χ0) is 12.0. The molecule has 3 nitrogen and oxygen atoms in total. The number of aromatic nitrogens is 1. The van der Waals surface area contributed by atoms with E-state index in [1.165, 1.54) is 11.3 Å². The van der Waals surface area contributed by atoms with Gasteiger partial charge in [-0.2, -0.15) is 13.2 Å². The average molecular weight is 254 g/mol. The van der Waals surface area contributed by atoms with E-state index in [0.29, 0.717) is 6.54 Å². The Labute approximate surface area is 95.4 Å². The first-order valence-corrected chi connectivity index (χ1v) is 5.67. The largest absolute Gasteiger partial charge is 0.389 e. The van der Waals surface area contributed by atoms with Crippen LogP contribution in [-0.2, 0) is 17.9 Å². The van der Waals surface area contributed by atoms with Gasteiger partial charge in [-0.1, -0.05) is 0 Å². The molecule has 0 aromatic carbocycles. The molecule has 0 atom stereocenters. The van der Waals surface area contributed by atoms with Crippen molar-refractivity contribution in [3.63, 3.8) is 0 Å². The first kappa shape index (κ1) is 13.4. The summed E-state index contributed by atoms with van der Waals surface area (Å²) in [4.78, 5) is 4.12. The quantitative estimate of drug-likeness (QED) is 0.793. The van der Waals surface area contributed by atoms with Gasteiger partial charge < -0.3 is 10.5 Å². The Kier molecular flexibility index (Phi) is 5.17. The van der Waals surface area contributed by atoms with Crippen LogP contribution < -0.4 is 5.73 Å². The molecule has 0 radical (unpaired) electrons. The molecule has 1 aromatic heterocycles. The lowest BCUT2D eigenvalue weighted by Crippen LogP contribution is -2.08. The predicted molar refractivity (Wildman–Crippen MR) is 55.0 cm³/mol. The fourth-order valence-corrected chi connectivity index (χ4v) is 1.72. The zero-order valence-electron chi connectivity index (χ0n) is 8.59. The number of nitrogens with zero attached hydrogens (tertiary/aromatic N) is 1. The molecule has 0 aliphatic rings. The second kappa shape index (κ2) is 6.17. The van der Waals surface area contributed by atoms with Crippen molar-refractivity contribution in [3.05, 3.63) is 16.1 Å². The third-order valence-corrected chi connectivity index (χ3v) is 2.69. The van der Waals surface area contributed by atoms with Gasteiger partial charge in [-0.15, -0.1) is 11.3 Å². The van der Waals surface area contributed by atoms with E-state index in [1.54, 1.807) is 5.38 Å². The van der Waals surface area contributed by atoms with Gasteiger partial charge in [0.2, 0.25) is 0 Å². The second-order valence-corrected chi connectivity index (χ2v) is 4.15. The molecule has 0 aliphatic heterocycles. The first-order valence-electron chi connectivity index (χ1n) is 4.79. The van der Waals surface area contributed by atoms with Crippen molar-refractivity contribution >= 4 is 11.3 Å². The zero-order valence-corrected chi connectivity index (χ0v) is 9.40. The normalized spacial score (nSPS) is 12.0. The van der Waals surface area contributed by atoms with E-state index in [-0.39, 0.29) is 19.6 Å². The van der Waals surface area contributed by atoms with Crippen molar-refractivity contribution in [2.24, 2.45) is 5.73 Å². The maximum Gasteiger partial charge on any atom is 0.389 e. The standard InChI is InChI=1S/C9H13F3N2OS/c10-9(11,12)2-1-3-15-5-7-6-16-8(4-13)14-7/h6H,1-5,13H2. The Morgan fingerprint density at radius 2 is 2.19 bits per heavy atom. The lowest BCUT2D eigenvalue weighted by atomic mass is 10.3. The molecule has 0 amide bonds. The molecule has 0 saturated carbocycles. The van der Waals surface area contributed by atoms with Crippen LogP contribution in [0.2, 0.25) is 0 Å². The van der Waals surface area contributed by atoms with Crippen LogP contribution in [0.15, 0.2) is 5.38 Å². The van der Waals surface area contributed by atoms with Crippen molar-refractivity contribution in [2.45, 2.75) is 32.2 Å². The van der Waals surface area contributed by atoms with Crippen LogP contribution in [0.25, 0.3) is 0 Å². The molecule has 0 saturated heterocycles. The van der Waals surface area contributed by atoms with Gasteiger partial charge in [0.05, 0.1) is 12.3 Å². The van der Waals surface area contributed by atoms with Crippen LogP contribution in [0.5, 0.6) is 0 Å². The van der Waals surface area contributed by atoms with Crippen LogP contribution in [0.3, 0.4) is 0 Å². The topological polar surface area (TPSA) is 48.1 Å². The minimum Gasteiger partial charge on any atom is -0.375 e. The molecular formula is C9H13F3N2OS. The summed E-state index contributed by atoms with van der Waals surface area (Å²) in [7, 11) is 0. The smallest absolute Gasteiger partial charge is 0.375 e.